The number of nitrogens with one attached hydrogen (secondary N) is 2. The molecule has 0 aliphatic rings. The molecule has 6 heteroatoms. The molecule has 5 nitrogen and oxygen atoms in total. The van der Waals surface area contributed by atoms with Crippen LogP contribution in [0.15, 0.2) is 48.5 Å². The minimum Gasteiger partial charge on any atom is -0.387 e. The Morgan fingerprint density at radius 1 is 1.04 bits per heavy atom. The van der Waals surface area contributed by atoms with Crippen LogP contribution in [0.25, 0.3) is 0 Å². The molecule has 2 atom stereocenters. The molecule has 0 aromatic heterocycles. The number of halogens is 1. The zero-order valence-corrected chi connectivity index (χ0v) is 15.6. The number of hydrogen-bond donors (Lipinski definition) is 3. The highest BCUT2D eigenvalue weighted by Gasteiger charge is 2.18. The van der Waals surface area contributed by atoms with Crippen LogP contribution in [0.3, 0.4) is 0 Å². The van der Waals surface area contributed by atoms with Gasteiger partial charge < -0.3 is 15.7 Å². The maximum absolute atomic E-state index is 12.3. The molecule has 138 valence electrons. The number of benzene rings is 2. The Labute approximate surface area is 158 Å². The van der Waals surface area contributed by atoms with E-state index in [-0.39, 0.29) is 24.8 Å². The number of amides is 2. The monoisotopic (exact) mass is 374 g/mol. The maximum atomic E-state index is 12.3. The van der Waals surface area contributed by atoms with Gasteiger partial charge in [0.1, 0.15) is 0 Å². The van der Waals surface area contributed by atoms with E-state index in [1.807, 2.05) is 31.2 Å². The van der Waals surface area contributed by atoms with Crippen LogP contribution >= 0.6 is 11.6 Å². The Hall–Kier alpha value is -2.37. The summed E-state index contributed by atoms with van der Waals surface area (Å²) < 4.78 is 0. The van der Waals surface area contributed by atoms with E-state index < -0.39 is 12.1 Å². The minimum atomic E-state index is -0.783. The molecule has 26 heavy (non-hydrogen) atoms. The second-order valence-electron chi connectivity index (χ2n) is 6.24. The first-order chi connectivity index (χ1) is 12.3. The largest absolute Gasteiger partial charge is 0.387 e. The van der Waals surface area contributed by atoms with Gasteiger partial charge in [0, 0.05) is 18.5 Å². The predicted octanol–water partition coefficient (Wildman–Crippen LogP) is 3.07. The van der Waals surface area contributed by atoms with Gasteiger partial charge in [-0.1, -0.05) is 53.6 Å². The lowest BCUT2D eigenvalue weighted by Crippen LogP contribution is -2.34. The van der Waals surface area contributed by atoms with Crippen molar-refractivity contribution in [1.29, 1.82) is 0 Å². The van der Waals surface area contributed by atoms with E-state index in [9.17, 15) is 14.7 Å². The Morgan fingerprint density at radius 2 is 1.62 bits per heavy atom. The van der Waals surface area contributed by atoms with Crippen molar-refractivity contribution in [3.05, 3.63) is 70.2 Å². The van der Waals surface area contributed by atoms with Crippen LogP contribution in [0.5, 0.6) is 0 Å². The lowest BCUT2D eigenvalue weighted by molar-refractivity contribution is -0.123. The standard InChI is InChI=1S/C20H23ClN2O3/c1-13-3-5-16(6-4-13)19(25)12-22-20(26)11-18(23-14(2)24)15-7-9-17(21)10-8-15/h3-10,18-19,25H,11-12H2,1-2H3,(H,22,26)(H,23,24). The van der Waals surface area contributed by atoms with Crippen LogP contribution in [0, 0.1) is 6.92 Å². The number of aliphatic hydroxyl groups excluding tert-OH is 1. The van der Waals surface area contributed by atoms with Gasteiger partial charge in [0.15, 0.2) is 0 Å². The average molecular weight is 375 g/mol. The van der Waals surface area contributed by atoms with E-state index >= 15 is 0 Å². The topological polar surface area (TPSA) is 78.4 Å². The number of aryl methyl sites for hydroxylation is 1. The zero-order chi connectivity index (χ0) is 19.1. The molecule has 0 aliphatic carbocycles. The van der Waals surface area contributed by atoms with E-state index in [1.54, 1.807) is 24.3 Å². The molecule has 2 aromatic carbocycles. The fourth-order valence-corrected chi connectivity index (χ4v) is 2.69. The van der Waals surface area contributed by atoms with Crippen LogP contribution in [0.1, 0.15) is 42.2 Å². The average Bonchev–Trinajstić information content (AvgIpc) is 2.60. The van der Waals surface area contributed by atoms with Crippen molar-refractivity contribution in [2.75, 3.05) is 6.54 Å². The van der Waals surface area contributed by atoms with Crippen molar-refractivity contribution in [2.45, 2.75) is 32.4 Å². The highest BCUT2D eigenvalue weighted by atomic mass is 35.5. The molecule has 3 N–H and O–H groups in total. The van der Waals surface area contributed by atoms with Gasteiger partial charge in [0.2, 0.25) is 11.8 Å². The fraction of sp³-hybridized carbons (Fsp3) is 0.300. The summed E-state index contributed by atoms with van der Waals surface area (Å²) in [6.07, 6.45) is -0.712. The van der Waals surface area contributed by atoms with Crippen LogP contribution in [-0.4, -0.2) is 23.5 Å². The number of aliphatic hydroxyl groups is 1. The summed E-state index contributed by atoms with van der Waals surface area (Å²) >= 11 is 5.89. The molecule has 0 bridgehead atoms. The second-order valence-corrected chi connectivity index (χ2v) is 6.68. The van der Waals surface area contributed by atoms with Crippen molar-refractivity contribution in [1.82, 2.24) is 10.6 Å². The van der Waals surface area contributed by atoms with Crippen molar-refractivity contribution in [3.8, 4) is 0 Å². The third-order valence-electron chi connectivity index (χ3n) is 3.99. The van der Waals surface area contributed by atoms with Gasteiger partial charge in [-0.3, -0.25) is 9.59 Å². The molecule has 0 fully saturated rings. The summed E-state index contributed by atoms with van der Waals surface area (Å²) in [4.78, 5) is 23.7. The normalized spacial score (nSPS) is 12.9. The van der Waals surface area contributed by atoms with Crippen LogP contribution in [-0.2, 0) is 9.59 Å². The molecular formula is C20H23ClN2O3. The molecule has 0 saturated heterocycles. The smallest absolute Gasteiger partial charge is 0.222 e. The van der Waals surface area contributed by atoms with Crippen molar-refractivity contribution in [3.63, 3.8) is 0 Å². The maximum Gasteiger partial charge on any atom is 0.222 e. The van der Waals surface area contributed by atoms with Crippen LogP contribution in [0.2, 0.25) is 5.02 Å². The van der Waals surface area contributed by atoms with E-state index in [1.165, 1.54) is 6.92 Å². The third-order valence-corrected chi connectivity index (χ3v) is 4.25. The zero-order valence-electron chi connectivity index (χ0n) is 14.8. The van der Waals surface area contributed by atoms with Gasteiger partial charge in [0.25, 0.3) is 0 Å². The van der Waals surface area contributed by atoms with Gasteiger partial charge in [-0.2, -0.15) is 0 Å². The summed E-state index contributed by atoms with van der Waals surface area (Å²) in [6, 6.07) is 14.0. The number of carbonyl (C=O) groups excluding carboxylic acids is 2. The quantitative estimate of drug-likeness (QED) is 0.697. The first-order valence-corrected chi connectivity index (χ1v) is 8.77. The van der Waals surface area contributed by atoms with E-state index in [4.69, 9.17) is 11.6 Å². The van der Waals surface area contributed by atoms with Gasteiger partial charge in [0.05, 0.1) is 18.6 Å². The van der Waals surface area contributed by atoms with E-state index in [2.05, 4.69) is 10.6 Å². The Kier molecular flexibility index (Phi) is 7.18. The molecule has 2 amide bonds. The first-order valence-electron chi connectivity index (χ1n) is 8.39. The molecular weight excluding hydrogens is 352 g/mol. The van der Waals surface area contributed by atoms with Crippen molar-refractivity contribution < 1.29 is 14.7 Å². The Balaban J connectivity index is 1.94. The molecule has 0 spiro atoms. The van der Waals surface area contributed by atoms with Crippen LogP contribution < -0.4 is 10.6 Å². The lowest BCUT2D eigenvalue weighted by Gasteiger charge is -2.19. The Bertz CT molecular complexity index is 745. The third kappa shape index (κ3) is 6.17. The summed E-state index contributed by atoms with van der Waals surface area (Å²) in [6.45, 7) is 3.48. The highest BCUT2D eigenvalue weighted by Crippen LogP contribution is 2.20. The van der Waals surface area contributed by atoms with Crippen molar-refractivity contribution >= 4 is 23.4 Å². The summed E-state index contributed by atoms with van der Waals surface area (Å²) in [7, 11) is 0. The predicted molar refractivity (Wildman–Crippen MR) is 102 cm³/mol. The molecule has 0 aliphatic heterocycles. The van der Waals surface area contributed by atoms with Crippen LogP contribution in [0.4, 0.5) is 0 Å². The molecule has 2 rings (SSSR count). The van der Waals surface area contributed by atoms with E-state index in [0.29, 0.717) is 5.02 Å². The lowest BCUT2D eigenvalue weighted by atomic mass is 10.0. The van der Waals surface area contributed by atoms with Gasteiger partial charge in [-0.25, -0.2) is 0 Å². The minimum absolute atomic E-state index is 0.0713. The van der Waals surface area contributed by atoms with Gasteiger partial charge in [-0.15, -0.1) is 0 Å². The number of rotatable bonds is 7. The van der Waals surface area contributed by atoms with Gasteiger partial charge >= 0.3 is 0 Å². The summed E-state index contributed by atoms with van der Waals surface area (Å²) in [5.74, 6) is -0.484. The number of hydrogen-bond acceptors (Lipinski definition) is 3. The highest BCUT2D eigenvalue weighted by molar-refractivity contribution is 6.30. The second kappa shape index (κ2) is 9.36. The SMILES string of the molecule is CC(=O)NC(CC(=O)NCC(O)c1ccc(C)cc1)c1ccc(Cl)cc1. The van der Waals surface area contributed by atoms with E-state index in [0.717, 1.165) is 16.7 Å². The summed E-state index contributed by atoms with van der Waals surface area (Å²) in [5, 5.41) is 16.3. The van der Waals surface area contributed by atoms with Crippen molar-refractivity contribution in [2.24, 2.45) is 0 Å². The molecule has 2 aromatic rings. The first kappa shape index (κ1) is 19.9. The summed E-state index contributed by atoms with van der Waals surface area (Å²) in [5.41, 5.74) is 2.64. The Morgan fingerprint density at radius 3 is 2.19 bits per heavy atom. The number of carbonyl (C=O) groups is 2. The molecule has 0 saturated carbocycles. The molecule has 0 radical (unpaired) electrons. The fourth-order valence-electron chi connectivity index (χ4n) is 2.57. The molecule has 2 unspecified atom stereocenters. The molecule has 0 heterocycles. The van der Waals surface area contributed by atoms with Gasteiger partial charge in [-0.05, 0) is 30.2 Å².